The number of aliphatic carboxylic acids is 1. The van der Waals surface area contributed by atoms with Crippen molar-refractivity contribution in [2.45, 2.75) is 26.7 Å². The highest BCUT2D eigenvalue weighted by atomic mass is 19.1. The van der Waals surface area contributed by atoms with Crippen molar-refractivity contribution in [1.82, 2.24) is 10.2 Å². The van der Waals surface area contributed by atoms with Gasteiger partial charge in [0.15, 0.2) is 0 Å². The Morgan fingerprint density at radius 3 is 2.71 bits per heavy atom. The maximum atomic E-state index is 13.7. The highest BCUT2D eigenvalue weighted by Crippen LogP contribution is 2.25. The lowest BCUT2D eigenvalue weighted by molar-refractivity contribution is -0.137. The Morgan fingerprint density at radius 2 is 2.05 bits per heavy atom. The first-order valence-corrected chi connectivity index (χ1v) is 6.37. The van der Waals surface area contributed by atoms with Crippen molar-refractivity contribution in [1.29, 1.82) is 0 Å². The van der Waals surface area contributed by atoms with Crippen LogP contribution in [0, 0.1) is 24.5 Å². The van der Waals surface area contributed by atoms with Crippen LogP contribution in [-0.4, -0.2) is 21.3 Å². The molecule has 21 heavy (non-hydrogen) atoms. The summed E-state index contributed by atoms with van der Waals surface area (Å²) >= 11 is 0. The van der Waals surface area contributed by atoms with E-state index in [0.29, 0.717) is 0 Å². The Morgan fingerprint density at radius 1 is 1.33 bits per heavy atom. The van der Waals surface area contributed by atoms with Crippen molar-refractivity contribution in [3.8, 4) is 11.5 Å². The molecule has 0 aliphatic rings. The fraction of sp³-hybridized carbons (Fsp3) is 0.357. The van der Waals surface area contributed by atoms with E-state index in [2.05, 4.69) is 10.2 Å². The van der Waals surface area contributed by atoms with Gasteiger partial charge in [0, 0.05) is 18.9 Å². The number of halogens is 2. The predicted octanol–water partition coefficient (Wildman–Crippen LogP) is 2.98. The molecule has 0 amide bonds. The molecule has 1 heterocycles. The van der Waals surface area contributed by atoms with Crippen LogP contribution >= 0.6 is 0 Å². The summed E-state index contributed by atoms with van der Waals surface area (Å²) in [4.78, 5) is 10.6. The minimum absolute atomic E-state index is 0.0261. The molecule has 1 atom stereocenters. The van der Waals surface area contributed by atoms with Crippen molar-refractivity contribution in [2.75, 3.05) is 0 Å². The van der Waals surface area contributed by atoms with E-state index < -0.39 is 17.6 Å². The molecule has 1 aromatic carbocycles. The average molecular weight is 296 g/mol. The predicted molar refractivity (Wildman–Crippen MR) is 69.5 cm³/mol. The van der Waals surface area contributed by atoms with Crippen molar-refractivity contribution in [2.24, 2.45) is 5.92 Å². The van der Waals surface area contributed by atoms with E-state index in [1.165, 1.54) is 13.0 Å². The van der Waals surface area contributed by atoms with E-state index in [9.17, 15) is 13.6 Å². The fourth-order valence-electron chi connectivity index (χ4n) is 1.93. The van der Waals surface area contributed by atoms with Gasteiger partial charge in [0.1, 0.15) is 11.6 Å². The van der Waals surface area contributed by atoms with Crippen LogP contribution in [0.2, 0.25) is 0 Å². The van der Waals surface area contributed by atoms with Crippen molar-refractivity contribution in [3.05, 3.63) is 35.2 Å². The van der Waals surface area contributed by atoms with Crippen molar-refractivity contribution < 1.29 is 23.1 Å². The lowest BCUT2D eigenvalue weighted by atomic mass is 10.0. The Bertz CT molecular complexity index is 670. The number of hydrogen-bond acceptors (Lipinski definition) is 4. The third kappa shape index (κ3) is 3.62. The molecule has 1 N–H and O–H groups in total. The number of carboxylic acids is 1. The summed E-state index contributed by atoms with van der Waals surface area (Å²) in [7, 11) is 0. The molecule has 7 heteroatoms. The second-order valence-electron chi connectivity index (χ2n) is 4.99. The van der Waals surface area contributed by atoms with Crippen LogP contribution in [-0.2, 0) is 11.2 Å². The number of benzene rings is 1. The number of hydrogen-bond donors (Lipinski definition) is 1. The molecule has 2 aromatic rings. The van der Waals surface area contributed by atoms with E-state index in [4.69, 9.17) is 9.52 Å². The molecule has 0 spiro atoms. The number of carboxylic acid groups (broad SMARTS) is 1. The fourth-order valence-corrected chi connectivity index (χ4v) is 1.93. The summed E-state index contributed by atoms with van der Waals surface area (Å²) in [5, 5.41) is 16.2. The van der Waals surface area contributed by atoms with Gasteiger partial charge in [-0.15, -0.1) is 10.2 Å². The minimum Gasteiger partial charge on any atom is -0.481 e. The third-order valence-electron chi connectivity index (χ3n) is 2.99. The van der Waals surface area contributed by atoms with Crippen LogP contribution in [0.1, 0.15) is 24.8 Å². The first kappa shape index (κ1) is 15.1. The molecular formula is C14H14F2N2O3. The third-order valence-corrected chi connectivity index (χ3v) is 2.99. The molecule has 0 saturated heterocycles. The average Bonchev–Trinajstić information content (AvgIpc) is 2.80. The highest BCUT2D eigenvalue weighted by Gasteiger charge is 2.17. The molecule has 0 saturated carbocycles. The minimum atomic E-state index is -0.914. The van der Waals surface area contributed by atoms with E-state index in [0.717, 1.165) is 6.07 Å². The zero-order chi connectivity index (χ0) is 15.6. The standard InChI is InChI=1S/C14H14F2N2O3/c1-7(4-13(19)20)3-12-17-18-14(21-12)9-5-8(2)10(15)6-11(9)16/h5-7H,3-4H2,1-2H3,(H,19,20). The second-order valence-corrected chi connectivity index (χ2v) is 4.99. The molecule has 1 aromatic heterocycles. The molecule has 112 valence electrons. The van der Waals surface area contributed by atoms with E-state index >= 15 is 0 Å². The van der Waals surface area contributed by atoms with Gasteiger partial charge < -0.3 is 9.52 Å². The first-order valence-electron chi connectivity index (χ1n) is 6.37. The molecule has 0 bridgehead atoms. The number of nitrogens with zero attached hydrogens (tertiary/aromatic N) is 2. The van der Waals surface area contributed by atoms with E-state index in [1.54, 1.807) is 6.92 Å². The van der Waals surface area contributed by atoms with E-state index in [1.807, 2.05) is 0 Å². The number of aryl methyl sites for hydroxylation is 1. The van der Waals surface area contributed by atoms with Gasteiger partial charge in [-0.05, 0) is 24.5 Å². The number of rotatable bonds is 5. The van der Waals surface area contributed by atoms with Crippen LogP contribution in [0.4, 0.5) is 8.78 Å². The molecule has 0 radical (unpaired) electrons. The zero-order valence-corrected chi connectivity index (χ0v) is 11.6. The second kappa shape index (κ2) is 5.99. The summed E-state index contributed by atoms with van der Waals surface area (Å²) < 4.78 is 32.2. The maximum absolute atomic E-state index is 13.7. The Hall–Kier alpha value is -2.31. The van der Waals surface area contributed by atoms with Gasteiger partial charge in [-0.1, -0.05) is 6.92 Å². The molecule has 5 nitrogen and oxygen atoms in total. The summed E-state index contributed by atoms with van der Waals surface area (Å²) in [6.07, 6.45) is 0.253. The smallest absolute Gasteiger partial charge is 0.303 e. The first-order chi connectivity index (χ1) is 9.86. The molecule has 0 aliphatic carbocycles. The van der Waals surface area contributed by atoms with Gasteiger partial charge in [0.2, 0.25) is 5.89 Å². The molecular weight excluding hydrogens is 282 g/mol. The zero-order valence-electron chi connectivity index (χ0n) is 11.6. The van der Waals surface area contributed by atoms with Crippen LogP contribution < -0.4 is 0 Å². The van der Waals surface area contributed by atoms with Gasteiger partial charge in [-0.2, -0.15) is 0 Å². The van der Waals surface area contributed by atoms with Crippen molar-refractivity contribution >= 4 is 5.97 Å². The normalized spacial score (nSPS) is 12.4. The van der Waals surface area contributed by atoms with Gasteiger partial charge in [-0.3, -0.25) is 4.79 Å². The number of aromatic nitrogens is 2. The van der Waals surface area contributed by atoms with Crippen molar-refractivity contribution in [3.63, 3.8) is 0 Å². The lowest BCUT2D eigenvalue weighted by Crippen LogP contribution is -2.07. The van der Waals surface area contributed by atoms with Gasteiger partial charge >= 0.3 is 5.97 Å². The van der Waals surface area contributed by atoms with Crippen LogP contribution in [0.3, 0.4) is 0 Å². The quantitative estimate of drug-likeness (QED) is 0.918. The highest BCUT2D eigenvalue weighted by molar-refractivity contribution is 5.67. The van der Waals surface area contributed by atoms with Gasteiger partial charge in [0.25, 0.3) is 5.89 Å². The molecule has 1 unspecified atom stereocenters. The van der Waals surface area contributed by atoms with Gasteiger partial charge in [0.05, 0.1) is 5.56 Å². The van der Waals surface area contributed by atoms with Crippen LogP contribution in [0.25, 0.3) is 11.5 Å². The number of carbonyl (C=O) groups is 1. The Labute approximate surface area is 119 Å². The monoisotopic (exact) mass is 296 g/mol. The maximum Gasteiger partial charge on any atom is 0.303 e. The molecule has 2 rings (SSSR count). The van der Waals surface area contributed by atoms with Crippen LogP contribution in [0.5, 0.6) is 0 Å². The van der Waals surface area contributed by atoms with E-state index in [-0.39, 0.29) is 41.7 Å². The molecule has 0 aliphatic heterocycles. The largest absolute Gasteiger partial charge is 0.481 e. The Kier molecular flexibility index (Phi) is 4.30. The lowest BCUT2D eigenvalue weighted by Gasteiger charge is -2.04. The SMILES string of the molecule is Cc1cc(-c2nnc(CC(C)CC(=O)O)o2)c(F)cc1F. The van der Waals surface area contributed by atoms with Gasteiger partial charge in [-0.25, -0.2) is 8.78 Å². The Balaban J connectivity index is 2.20. The molecule has 0 fully saturated rings. The summed E-state index contributed by atoms with van der Waals surface area (Å²) in [6, 6.07) is 2.06. The summed E-state index contributed by atoms with van der Waals surface area (Å²) in [6.45, 7) is 3.24. The van der Waals surface area contributed by atoms with Crippen LogP contribution in [0.15, 0.2) is 16.5 Å². The topological polar surface area (TPSA) is 76.2 Å². The summed E-state index contributed by atoms with van der Waals surface area (Å²) in [5.41, 5.74) is 0.295. The summed E-state index contributed by atoms with van der Waals surface area (Å²) in [5.74, 6) is -2.36.